The molecule has 1 aliphatic rings. The second kappa shape index (κ2) is 5.59. The van der Waals surface area contributed by atoms with Gasteiger partial charge in [0.1, 0.15) is 10.7 Å². The van der Waals surface area contributed by atoms with Gasteiger partial charge in [-0.1, -0.05) is 24.3 Å². The SMILES string of the molecule is Cc1ccccc1C1=C(O)c2cn(C)nc2N(CC(F)F)S1(=O)=O. The molecule has 2 aromatic rings. The van der Waals surface area contributed by atoms with Crippen molar-refractivity contribution in [3.63, 3.8) is 0 Å². The fourth-order valence-electron chi connectivity index (χ4n) is 2.70. The van der Waals surface area contributed by atoms with Gasteiger partial charge in [0.2, 0.25) is 0 Å². The molecule has 0 aliphatic carbocycles. The number of rotatable bonds is 3. The molecule has 0 radical (unpaired) electrons. The molecule has 0 saturated heterocycles. The van der Waals surface area contributed by atoms with Crippen molar-refractivity contribution in [3.8, 4) is 0 Å². The lowest BCUT2D eigenvalue weighted by Crippen LogP contribution is -2.38. The van der Waals surface area contributed by atoms with E-state index >= 15 is 0 Å². The van der Waals surface area contributed by atoms with Crippen LogP contribution in [0, 0.1) is 6.92 Å². The second-order valence-corrected chi connectivity index (χ2v) is 7.26. The number of aliphatic hydroxyl groups excluding tert-OH is 1. The summed E-state index contributed by atoms with van der Waals surface area (Å²) in [4.78, 5) is -0.387. The fourth-order valence-corrected chi connectivity index (χ4v) is 4.45. The van der Waals surface area contributed by atoms with Crippen molar-refractivity contribution in [2.45, 2.75) is 13.3 Å². The smallest absolute Gasteiger partial charge is 0.270 e. The van der Waals surface area contributed by atoms with Crippen LogP contribution in [0.25, 0.3) is 10.7 Å². The van der Waals surface area contributed by atoms with E-state index < -0.39 is 28.8 Å². The first-order valence-electron chi connectivity index (χ1n) is 7.07. The van der Waals surface area contributed by atoms with Crippen LogP contribution in [0.5, 0.6) is 0 Å². The Kier molecular flexibility index (Phi) is 3.83. The topological polar surface area (TPSA) is 75.4 Å². The highest BCUT2D eigenvalue weighted by Crippen LogP contribution is 2.42. The van der Waals surface area contributed by atoms with E-state index in [1.165, 1.54) is 24.0 Å². The summed E-state index contributed by atoms with van der Waals surface area (Å²) in [7, 11) is -2.86. The van der Waals surface area contributed by atoms with Crippen LogP contribution in [-0.4, -0.2) is 36.3 Å². The first-order valence-corrected chi connectivity index (χ1v) is 8.51. The van der Waals surface area contributed by atoms with Crippen molar-refractivity contribution >= 4 is 26.5 Å². The summed E-state index contributed by atoms with van der Waals surface area (Å²) in [5.41, 5.74) is 0.974. The molecule has 6 nitrogen and oxygen atoms in total. The molecule has 0 amide bonds. The van der Waals surface area contributed by atoms with Gasteiger partial charge in [0, 0.05) is 18.8 Å². The lowest BCUT2D eigenvalue weighted by Gasteiger charge is -2.29. The van der Waals surface area contributed by atoms with E-state index in [1.54, 1.807) is 25.1 Å². The van der Waals surface area contributed by atoms with Gasteiger partial charge in [0.15, 0.2) is 5.82 Å². The van der Waals surface area contributed by atoms with E-state index in [2.05, 4.69) is 5.10 Å². The largest absolute Gasteiger partial charge is 0.506 e. The number of hydrogen-bond donors (Lipinski definition) is 1. The molecular weight excluding hydrogens is 340 g/mol. The molecule has 3 rings (SSSR count). The van der Waals surface area contributed by atoms with Gasteiger partial charge in [-0.25, -0.2) is 21.5 Å². The molecule has 0 unspecified atom stereocenters. The van der Waals surface area contributed by atoms with Crippen LogP contribution in [0.4, 0.5) is 14.6 Å². The molecule has 1 aromatic heterocycles. The van der Waals surface area contributed by atoms with E-state index in [-0.39, 0.29) is 21.8 Å². The minimum atomic E-state index is -4.38. The molecule has 24 heavy (non-hydrogen) atoms. The summed E-state index contributed by atoms with van der Waals surface area (Å²) < 4.78 is 53.5. The average molecular weight is 355 g/mol. The maximum Gasteiger partial charge on any atom is 0.270 e. The van der Waals surface area contributed by atoms with Gasteiger partial charge in [0.25, 0.3) is 16.4 Å². The Labute approximate surface area is 137 Å². The quantitative estimate of drug-likeness (QED) is 0.918. The Balaban J connectivity index is 2.33. The van der Waals surface area contributed by atoms with Crippen molar-refractivity contribution < 1.29 is 22.3 Å². The zero-order valence-electron chi connectivity index (χ0n) is 12.9. The van der Waals surface area contributed by atoms with Crippen LogP contribution in [0.2, 0.25) is 0 Å². The van der Waals surface area contributed by atoms with Gasteiger partial charge in [0.05, 0.1) is 12.1 Å². The van der Waals surface area contributed by atoms with Gasteiger partial charge in [-0.15, -0.1) is 0 Å². The Morgan fingerprint density at radius 2 is 1.92 bits per heavy atom. The molecule has 1 N–H and O–H groups in total. The molecular formula is C15H15F2N3O3S. The minimum absolute atomic E-state index is 0.103. The average Bonchev–Trinajstić information content (AvgIpc) is 2.87. The third kappa shape index (κ3) is 2.44. The van der Waals surface area contributed by atoms with E-state index in [0.717, 1.165) is 0 Å². The van der Waals surface area contributed by atoms with E-state index in [4.69, 9.17) is 0 Å². The summed E-state index contributed by atoms with van der Waals surface area (Å²) in [5, 5.41) is 14.5. The fraction of sp³-hybridized carbons (Fsp3) is 0.267. The van der Waals surface area contributed by atoms with Gasteiger partial charge >= 0.3 is 0 Å². The zero-order chi connectivity index (χ0) is 17.6. The number of alkyl halides is 2. The van der Waals surface area contributed by atoms with Crippen LogP contribution in [-0.2, 0) is 17.1 Å². The Bertz CT molecular complexity index is 935. The van der Waals surface area contributed by atoms with Crippen LogP contribution < -0.4 is 4.31 Å². The number of aliphatic hydroxyl groups is 1. The number of anilines is 1. The molecule has 1 aromatic carbocycles. The van der Waals surface area contributed by atoms with Gasteiger partial charge < -0.3 is 5.11 Å². The second-order valence-electron chi connectivity index (χ2n) is 5.46. The molecule has 0 spiro atoms. The molecule has 0 saturated carbocycles. The van der Waals surface area contributed by atoms with Crippen LogP contribution in [0.1, 0.15) is 16.7 Å². The monoisotopic (exact) mass is 355 g/mol. The van der Waals surface area contributed by atoms with Crippen LogP contribution in [0.3, 0.4) is 0 Å². The van der Waals surface area contributed by atoms with Crippen molar-refractivity contribution in [1.82, 2.24) is 9.78 Å². The molecule has 128 valence electrons. The summed E-state index contributed by atoms with van der Waals surface area (Å²) in [6.45, 7) is 0.649. The predicted molar refractivity (Wildman–Crippen MR) is 86.1 cm³/mol. The number of aryl methyl sites for hydroxylation is 2. The van der Waals surface area contributed by atoms with Gasteiger partial charge in [-0.05, 0) is 12.5 Å². The van der Waals surface area contributed by atoms with Gasteiger partial charge in [-0.2, -0.15) is 5.10 Å². The number of fused-ring (bicyclic) bond motifs is 1. The maximum absolute atomic E-state index is 13.0. The van der Waals surface area contributed by atoms with Crippen LogP contribution in [0.15, 0.2) is 30.5 Å². The predicted octanol–water partition coefficient (Wildman–Crippen LogP) is 2.53. The number of nitrogens with zero attached hydrogens (tertiary/aromatic N) is 3. The number of benzene rings is 1. The van der Waals surface area contributed by atoms with E-state index in [1.807, 2.05) is 0 Å². The summed E-state index contributed by atoms with van der Waals surface area (Å²) in [6.07, 6.45) is -1.48. The zero-order valence-corrected chi connectivity index (χ0v) is 13.8. The van der Waals surface area contributed by atoms with Crippen molar-refractivity contribution in [3.05, 3.63) is 47.2 Å². The number of sulfonamides is 1. The van der Waals surface area contributed by atoms with Crippen molar-refractivity contribution in [1.29, 1.82) is 0 Å². The summed E-state index contributed by atoms with van der Waals surface area (Å²) >= 11 is 0. The first-order chi connectivity index (χ1) is 11.2. The third-order valence-electron chi connectivity index (χ3n) is 3.76. The summed E-state index contributed by atoms with van der Waals surface area (Å²) in [5.74, 6) is -0.689. The van der Waals surface area contributed by atoms with Crippen LogP contribution >= 0.6 is 0 Å². The number of hydrogen-bond acceptors (Lipinski definition) is 4. The maximum atomic E-state index is 13.0. The molecule has 0 atom stereocenters. The highest BCUT2D eigenvalue weighted by molar-refractivity contribution is 8.02. The molecule has 1 aliphatic heterocycles. The van der Waals surface area contributed by atoms with Crippen molar-refractivity contribution in [2.75, 3.05) is 10.8 Å². The Morgan fingerprint density at radius 3 is 2.54 bits per heavy atom. The van der Waals surface area contributed by atoms with Gasteiger partial charge in [-0.3, -0.25) is 4.68 Å². The lowest BCUT2D eigenvalue weighted by molar-refractivity contribution is 0.159. The Hall–Kier alpha value is -2.42. The summed E-state index contributed by atoms with van der Waals surface area (Å²) in [6, 6.07) is 6.55. The molecule has 0 fully saturated rings. The first kappa shape index (κ1) is 16.4. The molecule has 9 heteroatoms. The minimum Gasteiger partial charge on any atom is -0.506 e. The normalized spacial score (nSPS) is 16.6. The molecule has 0 bridgehead atoms. The highest BCUT2D eigenvalue weighted by Gasteiger charge is 2.41. The number of aromatic nitrogens is 2. The highest BCUT2D eigenvalue weighted by atomic mass is 32.2. The van der Waals surface area contributed by atoms with Crippen molar-refractivity contribution in [2.24, 2.45) is 7.05 Å². The third-order valence-corrected chi connectivity index (χ3v) is 5.59. The Morgan fingerprint density at radius 1 is 1.25 bits per heavy atom. The standard InChI is InChI=1S/C15H15F2N3O3S/c1-9-5-3-4-6-10(9)14-13(21)11-7-19(2)18-15(11)20(8-12(16)17)24(14,22)23/h3-7,12,21H,8H2,1-2H3. The molecule has 2 heterocycles. The van der Waals surface area contributed by atoms with E-state index in [9.17, 15) is 22.3 Å². The number of halogens is 2. The lowest BCUT2D eigenvalue weighted by atomic mass is 10.1. The van der Waals surface area contributed by atoms with E-state index in [0.29, 0.717) is 9.87 Å².